The Morgan fingerprint density at radius 3 is 2.10 bits per heavy atom. The Morgan fingerprint density at radius 1 is 1.00 bits per heavy atom. The number of nitrogens with zero attached hydrogens (tertiary/aromatic N) is 1. The van der Waals surface area contributed by atoms with E-state index in [1.165, 1.54) is 51.5 Å². The van der Waals surface area contributed by atoms with Crippen LogP contribution in [-0.4, -0.2) is 36.1 Å². The lowest BCUT2D eigenvalue weighted by Gasteiger charge is -2.48. The minimum Gasteiger partial charge on any atom is -0.312 e. The summed E-state index contributed by atoms with van der Waals surface area (Å²) < 4.78 is 0. The second-order valence-electron chi connectivity index (χ2n) is 8.28. The van der Waals surface area contributed by atoms with E-state index in [0.29, 0.717) is 0 Å². The molecule has 2 heteroatoms. The molecule has 0 aromatic carbocycles. The molecule has 0 radical (unpaired) electrons. The molecule has 2 aliphatic rings. The highest BCUT2D eigenvalue weighted by Crippen LogP contribution is 2.36. The average Bonchev–Trinajstić information content (AvgIpc) is 2.36. The van der Waals surface area contributed by atoms with E-state index in [1.54, 1.807) is 0 Å². The molecule has 2 unspecified atom stereocenters. The summed E-state index contributed by atoms with van der Waals surface area (Å²) in [7, 11) is 2.39. The van der Waals surface area contributed by atoms with Crippen molar-refractivity contribution < 1.29 is 0 Å². The van der Waals surface area contributed by atoms with Crippen LogP contribution in [0.2, 0.25) is 0 Å². The van der Waals surface area contributed by atoms with Crippen molar-refractivity contribution in [2.24, 2.45) is 11.8 Å². The minimum absolute atomic E-state index is 0.262. The molecule has 2 nitrogen and oxygen atoms in total. The van der Waals surface area contributed by atoms with Gasteiger partial charge in [0.2, 0.25) is 0 Å². The van der Waals surface area contributed by atoms with Gasteiger partial charge in [-0.1, -0.05) is 13.3 Å². The first kappa shape index (κ1) is 16.3. The van der Waals surface area contributed by atoms with Crippen LogP contribution in [0, 0.1) is 11.8 Å². The number of hydrogen-bond acceptors (Lipinski definition) is 2. The lowest BCUT2D eigenvalue weighted by molar-refractivity contribution is 0.0276. The van der Waals surface area contributed by atoms with Crippen molar-refractivity contribution in [2.45, 2.75) is 90.3 Å². The molecule has 0 amide bonds. The summed E-state index contributed by atoms with van der Waals surface area (Å²) in [5.74, 6) is 1.89. The van der Waals surface area contributed by atoms with Crippen LogP contribution in [-0.2, 0) is 0 Å². The Kier molecular flexibility index (Phi) is 5.53. The van der Waals surface area contributed by atoms with E-state index < -0.39 is 0 Å². The molecule has 0 saturated heterocycles. The highest BCUT2D eigenvalue weighted by molar-refractivity contribution is 4.93. The Morgan fingerprint density at radius 2 is 1.65 bits per heavy atom. The van der Waals surface area contributed by atoms with Gasteiger partial charge in [0.15, 0.2) is 0 Å². The van der Waals surface area contributed by atoms with Gasteiger partial charge in [0, 0.05) is 17.6 Å². The summed E-state index contributed by atoms with van der Waals surface area (Å²) in [5.41, 5.74) is 0.262. The fourth-order valence-corrected chi connectivity index (χ4v) is 3.99. The minimum atomic E-state index is 0.262. The molecule has 0 aliphatic heterocycles. The zero-order chi connectivity index (χ0) is 14.8. The van der Waals surface area contributed by atoms with E-state index in [4.69, 9.17) is 0 Å². The first-order chi connectivity index (χ1) is 9.40. The predicted molar refractivity (Wildman–Crippen MR) is 88.1 cm³/mol. The summed E-state index contributed by atoms with van der Waals surface area (Å²) in [4.78, 5) is 2.74. The summed E-state index contributed by atoms with van der Waals surface area (Å²) in [5, 5.41) is 3.70. The lowest BCUT2D eigenvalue weighted by Crippen LogP contribution is -2.54. The zero-order valence-electron chi connectivity index (χ0n) is 14.4. The van der Waals surface area contributed by atoms with E-state index in [2.05, 4.69) is 45.0 Å². The van der Waals surface area contributed by atoms with E-state index in [-0.39, 0.29) is 5.54 Å². The Bertz CT molecular complexity index is 286. The van der Waals surface area contributed by atoms with Crippen molar-refractivity contribution in [2.75, 3.05) is 13.6 Å². The lowest BCUT2D eigenvalue weighted by atomic mass is 9.76. The normalized spacial score (nSPS) is 35.1. The molecule has 2 saturated carbocycles. The quantitative estimate of drug-likeness (QED) is 0.817. The zero-order valence-corrected chi connectivity index (χ0v) is 14.4. The van der Waals surface area contributed by atoms with Gasteiger partial charge in [-0.2, -0.15) is 0 Å². The van der Waals surface area contributed by atoms with Gasteiger partial charge < -0.3 is 10.2 Å². The van der Waals surface area contributed by atoms with Crippen LogP contribution < -0.4 is 5.32 Å². The monoisotopic (exact) mass is 280 g/mol. The van der Waals surface area contributed by atoms with Crippen molar-refractivity contribution in [3.05, 3.63) is 0 Å². The van der Waals surface area contributed by atoms with Gasteiger partial charge in [-0.25, -0.2) is 0 Å². The molecule has 0 aromatic heterocycles. The molecular formula is C18H36N2. The second kappa shape index (κ2) is 6.79. The second-order valence-corrected chi connectivity index (χ2v) is 8.28. The fraction of sp³-hybridized carbons (Fsp3) is 1.00. The van der Waals surface area contributed by atoms with E-state index >= 15 is 0 Å². The van der Waals surface area contributed by atoms with Gasteiger partial charge >= 0.3 is 0 Å². The van der Waals surface area contributed by atoms with Crippen LogP contribution in [0.3, 0.4) is 0 Å². The van der Waals surface area contributed by atoms with Gasteiger partial charge in [-0.15, -0.1) is 0 Å². The summed E-state index contributed by atoms with van der Waals surface area (Å²) in [6.45, 7) is 10.4. The number of hydrogen-bond donors (Lipinski definition) is 1. The average molecular weight is 281 g/mol. The molecule has 0 bridgehead atoms. The van der Waals surface area contributed by atoms with Gasteiger partial charge in [0.1, 0.15) is 0 Å². The highest BCUT2D eigenvalue weighted by atomic mass is 15.2. The standard InChI is InChI=1S/C18H36N2/c1-6-14-7-10-16(11-8-14)20(5)17-12-9-15(17)13-19-18(2,3)4/h14-17,19H,6-13H2,1-5H3. The molecule has 0 spiro atoms. The van der Waals surface area contributed by atoms with Crippen LogP contribution in [0.5, 0.6) is 0 Å². The third-order valence-electron chi connectivity index (χ3n) is 5.76. The molecule has 0 heterocycles. The van der Waals surface area contributed by atoms with Crippen LogP contribution in [0.25, 0.3) is 0 Å². The third kappa shape index (κ3) is 4.21. The Hall–Kier alpha value is -0.0800. The first-order valence-corrected chi connectivity index (χ1v) is 8.87. The maximum atomic E-state index is 3.70. The molecule has 20 heavy (non-hydrogen) atoms. The predicted octanol–water partition coefficient (Wildman–Crippen LogP) is 4.05. The summed E-state index contributed by atoms with van der Waals surface area (Å²) in [6, 6.07) is 1.70. The van der Waals surface area contributed by atoms with Crippen molar-refractivity contribution in [1.29, 1.82) is 0 Å². The maximum Gasteiger partial charge on any atom is 0.0136 e. The van der Waals surface area contributed by atoms with Gasteiger partial charge in [-0.3, -0.25) is 0 Å². The topological polar surface area (TPSA) is 15.3 Å². The van der Waals surface area contributed by atoms with Crippen molar-refractivity contribution in [3.63, 3.8) is 0 Å². The van der Waals surface area contributed by atoms with Crippen molar-refractivity contribution in [3.8, 4) is 0 Å². The number of nitrogens with one attached hydrogen (secondary N) is 1. The summed E-state index contributed by atoms with van der Waals surface area (Å²) in [6.07, 6.45) is 10.0. The fourth-order valence-electron chi connectivity index (χ4n) is 3.99. The van der Waals surface area contributed by atoms with Crippen molar-refractivity contribution in [1.82, 2.24) is 10.2 Å². The first-order valence-electron chi connectivity index (χ1n) is 8.87. The van der Waals surface area contributed by atoms with Crippen LogP contribution >= 0.6 is 0 Å². The van der Waals surface area contributed by atoms with Gasteiger partial charge in [-0.05, 0) is 84.7 Å². The number of rotatable bonds is 5. The molecule has 118 valence electrons. The SMILES string of the molecule is CCC1CCC(N(C)C2CCC2CNC(C)(C)C)CC1. The van der Waals surface area contributed by atoms with Gasteiger partial charge in [0.05, 0.1) is 0 Å². The van der Waals surface area contributed by atoms with E-state index in [9.17, 15) is 0 Å². The van der Waals surface area contributed by atoms with Crippen LogP contribution in [0.1, 0.15) is 72.6 Å². The van der Waals surface area contributed by atoms with Crippen LogP contribution in [0.15, 0.2) is 0 Å². The van der Waals surface area contributed by atoms with Crippen molar-refractivity contribution >= 4 is 0 Å². The van der Waals surface area contributed by atoms with Gasteiger partial charge in [0.25, 0.3) is 0 Å². The molecule has 1 N–H and O–H groups in total. The molecular weight excluding hydrogens is 244 g/mol. The van der Waals surface area contributed by atoms with E-state index in [0.717, 1.165) is 23.9 Å². The Labute approximate surface area is 126 Å². The third-order valence-corrected chi connectivity index (χ3v) is 5.76. The molecule has 2 aliphatic carbocycles. The Balaban J connectivity index is 1.76. The molecule has 2 atom stereocenters. The van der Waals surface area contributed by atoms with Crippen LogP contribution in [0.4, 0.5) is 0 Å². The highest BCUT2D eigenvalue weighted by Gasteiger charge is 2.37. The van der Waals surface area contributed by atoms with E-state index in [1.807, 2.05) is 0 Å². The molecule has 2 fully saturated rings. The molecule has 2 rings (SSSR count). The summed E-state index contributed by atoms with van der Waals surface area (Å²) >= 11 is 0. The molecule has 0 aromatic rings. The largest absolute Gasteiger partial charge is 0.312 e. The smallest absolute Gasteiger partial charge is 0.0136 e. The maximum absolute atomic E-state index is 3.70.